The highest BCUT2D eigenvalue weighted by Gasteiger charge is 2.36. The molecule has 0 bridgehead atoms. The Morgan fingerprint density at radius 1 is 1.21 bits per heavy atom. The highest BCUT2D eigenvalue weighted by Crippen LogP contribution is 2.37. The minimum absolute atomic E-state index is 0.0479. The third-order valence-corrected chi connectivity index (χ3v) is 7.16. The molecular weight excluding hydrogens is 470 g/mol. The first-order chi connectivity index (χ1) is 16.4. The van der Waals surface area contributed by atoms with Gasteiger partial charge >= 0.3 is 0 Å². The van der Waals surface area contributed by atoms with Crippen molar-refractivity contribution in [2.45, 2.75) is 52.5 Å². The molecule has 0 N–H and O–H groups in total. The van der Waals surface area contributed by atoms with Gasteiger partial charge in [-0.1, -0.05) is 57.1 Å². The zero-order valence-electron chi connectivity index (χ0n) is 20.0. The van der Waals surface area contributed by atoms with E-state index in [0.29, 0.717) is 44.4 Å². The molecule has 3 rings (SSSR count). The van der Waals surface area contributed by atoms with Crippen LogP contribution in [0.1, 0.15) is 52.2 Å². The first kappa shape index (κ1) is 26.0. The van der Waals surface area contributed by atoms with Crippen molar-refractivity contribution in [2.75, 3.05) is 13.7 Å². The number of furan rings is 1. The van der Waals surface area contributed by atoms with Crippen molar-refractivity contribution < 1.29 is 23.5 Å². The lowest BCUT2D eigenvalue weighted by atomic mass is 9.93. The lowest BCUT2D eigenvalue weighted by molar-refractivity contribution is -0.123. The summed E-state index contributed by atoms with van der Waals surface area (Å²) in [6.07, 6.45) is 6.77. The highest BCUT2D eigenvalue weighted by atomic mass is 32.2. The molecule has 0 radical (unpaired) electrons. The number of hydrogen-bond acceptors (Lipinski definition) is 7. The van der Waals surface area contributed by atoms with E-state index in [0.717, 1.165) is 31.2 Å². The molecule has 2 aromatic rings. The van der Waals surface area contributed by atoms with Gasteiger partial charge in [-0.15, -0.1) is 0 Å². The smallest absolute Gasteiger partial charge is 0.266 e. The minimum atomic E-state index is -0.0715. The van der Waals surface area contributed by atoms with Gasteiger partial charge in [0.1, 0.15) is 33.9 Å². The number of ether oxygens (including phenoxy) is 2. The first-order valence-electron chi connectivity index (χ1n) is 11.5. The molecule has 8 heteroatoms. The molecule has 1 aliphatic heterocycles. The number of aldehydes is 1. The lowest BCUT2D eigenvalue weighted by Gasteiger charge is -2.26. The van der Waals surface area contributed by atoms with Crippen molar-refractivity contribution in [3.05, 3.63) is 41.0 Å². The van der Waals surface area contributed by atoms with E-state index < -0.39 is 0 Å². The predicted molar refractivity (Wildman–Crippen MR) is 140 cm³/mol. The normalized spacial score (nSPS) is 16.7. The van der Waals surface area contributed by atoms with E-state index in [4.69, 9.17) is 26.1 Å². The topological polar surface area (TPSA) is 69.0 Å². The number of hydrogen-bond donors (Lipinski definition) is 0. The van der Waals surface area contributed by atoms with Gasteiger partial charge in [0.25, 0.3) is 5.91 Å². The molecule has 1 aromatic heterocycles. The summed E-state index contributed by atoms with van der Waals surface area (Å²) in [5, 5.41) is 0. The number of rotatable bonds is 12. The van der Waals surface area contributed by atoms with Gasteiger partial charge in [-0.25, -0.2) is 0 Å². The largest absolute Gasteiger partial charge is 0.497 e. The van der Waals surface area contributed by atoms with E-state index in [9.17, 15) is 9.59 Å². The molecular formula is C26H31NO5S2. The maximum absolute atomic E-state index is 13.1. The fourth-order valence-electron chi connectivity index (χ4n) is 4.10. The van der Waals surface area contributed by atoms with Gasteiger partial charge in [0.15, 0.2) is 6.29 Å². The van der Waals surface area contributed by atoms with Crippen LogP contribution in [0.2, 0.25) is 0 Å². The summed E-state index contributed by atoms with van der Waals surface area (Å²) < 4.78 is 17.3. The highest BCUT2D eigenvalue weighted by molar-refractivity contribution is 8.26. The van der Waals surface area contributed by atoms with E-state index in [-0.39, 0.29) is 18.6 Å². The van der Waals surface area contributed by atoms with Crippen LogP contribution in [-0.2, 0) is 9.59 Å². The second-order valence-electron chi connectivity index (χ2n) is 8.28. The first-order valence-corrected chi connectivity index (χ1v) is 12.7. The molecule has 1 fully saturated rings. The predicted octanol–water partition coefficient (Wildman–Crippen LogP) is 6.34. The van der Waals surface area contributed by atoms with Crippen LogP contribution in [-0.4, -0.2) is 41.2 Å². The van der Waals surface area contributed by atoms with Gasteiger partial charge in [0.05, 0.1) is 12.0 Å². The number of benzene rings is 1. The molecule has 0 aliphatic carbocycles. The van der Waals surface area contributed by atoms with Gasteiger partial charge in [-0.3, -0.25) is 14.5 Å². The molecule has 2 atom stereocenters. The summed E-state index contributed by atoms with van der Waals surface area (Å²) in [5.74, 6) is 2.75. The maximum Gasteiger partial charge on any atom is 0.266 e. The standard InChI is InChI=1S/C26H31NO5S2/c1-5-7-18(6-2)12-17(3)27-25(29)24(34-26(27)33)16-20-8-9-23(32-20)19-13-21(30-4)15-22(14-19)31-11-10-28/h8-10,13-18H,5-7,11-12H2,1-4H3/b24-16-. The molecule has 1 aliphatic rings. The summed E-state index contributed by atoms with van der Waals surface area (Å²) in [7, 11) is 1.56. The van der Waals surface area contributed by atoms with Crippen molar-refractivity contribution >= 4 is 46.6 Å². The van der Waals surface area contributed by atoms with Crippen LogP contribution < -0.4 is 9.47 Å². The number of methoxy groups -OCH3 is 1. The Kier molecular flexibility index (Phi) is 9.36. The molecule has 6 nitrogen and oxygen atoms in total. The van der Waals surface area contributed by atoms with Crippen LogP contribution in [0.3, 0.4) is 0 Å². The third kappa shape index (κ3) is 6.30. The number of carbonyl (C=O) groups excluding carboxylic acids is 2. The Morgan fingerprint density at radius 3 is 2.65 bits per heavy atom. The van der Waals surface area contributed by atoms with Gasteiger partial charge < -0.3 is 13.9 Å². The molecule has 2 heterocycles. The lowest BCUT2D eigenvalue weighted by Crippen LogP contribution is -2.37. The van der Waals surface area contributed by atoms with Crippen molar-refractivity contribution in [2.24, 2.45) is 5.92 Å². The summed E-state index contributed by atoms with van der Waals surface area (Å²) in [5.41, 5.74) is 0.739. The van der Waals surface area contributed by atoms with E-state index in [1.165, 1.54) is 11.8 Å². The molecule has 1 amide bonds. The van der Waals surface area contributed by atoms with Crippen LogP contribution >= 0.6 is 24.0 Å². The number of nitrogens with zero attached hydrogens (tertiary/aromatic N) is 1. The molecule has 34 heavy (non-hydrogen) atoms. The second-order valence-corrected chi connectivity index (χ2v) is 9.95. The van der Waals surface area contributed by atoms with Crippen LogP contribution in [0.4, 0.5) is 0 Å². The Hall–Kier alpha value is -2.58. The molecule has 0 saturated carbocycles. The fraction of sp³-hybridized carbons (Fsp3) is 0.423. The number of thiocarbonyl (C=S) groups is 1. The Morgan fingerprint density at radius 2 is 1.97 bits per heavy atom. The van der Waals surface area contributed by atoms with E-state index in [1.807, 2.05) is 18.2 Å². The second kappa shape index (κ2) is 12.2. The number of thioether (sulfide) groups is 1. The quantitative estimate of drug-likeness (QED) is 0.191. The summed E-state index contributed by atoms with van der Waals surface area (Å²) in [6.45, 7) is 6.42. The van der Waals surface area contributed by atoms with E-state index in [1.54, 1.807) is 30.2 Å². The van der Waals surface area contributed by atoms with Crippen LogP contribution in [0.15, 0.2) is 39.7 Å². The van der Waals surface area contributed by atoms with Crippen molar-refractivity contribution in [1.29, 1.82) is 0 Å². The van der Waals surface area contributed by atoms with Crippen molar-refractivity contribution in [3.63, 3.8) is 0 Å². The molecule has 2 unspecified atom stereocenters. The van der Waals surface area contributed by atoms with Gasteiger partial charge in [-0.2, -0.15) is 0 Å². The summed E-state index contributed by atoms with van der Waals surface area (Å²) in [4.78, 5) is 26.1. The Bertz CT molecular complexity index is 1060. The number of carbonyl (C=O) groups is 2. The molecule has 0 spiro atoms. The zero-order valence-corrected chi connectivity index (χ0v) is 21.7. The van der Waals surface area contributed by atoms with Gasteiger partial charge in [-0.05, 0) is 43.5 Å². The Balaban J connectivity index is 1.78. The number of amides is 1. The van der Waals surface area contributed by atoms with Crippen LogP contribution in [0.5, 0.6) is 11.5 Å². The van der Waals surface area contributed by atoms with E-state index >= 15 is 0 Å². The van der Waals surface area contributed by atoms with Gasteiger partial charge in [0, 0.05) is 23.7 Å². The fourth-order valence-corrected chi connectivity index (χ4v) is 5.55. The third-order valence-electron chi connectivity index (χ3n) is 5.83. The minimum Gasteiger partial charge on any atom is -0.497 e. The van der Waals surface area contributed by atoms with Crippen molar-refractivity contribution in [1.82, 2.24) is 4.90 Å². The van der Waals surface area contributed by atoms with Crippen molar-refractivity contribution in [3.8, 4) is 22.8 Å². The molecule has 1 saturated heterocycles. The average Bonchev–Trinajstić information content (AvgIpc) is 3.41. The van der Waals surface area contributed by atoms with E-state index in [2.05, 4.69) is 20.8 Å². The average molecular weight is 502 g/mol. The Labute approximate surface area is 210 Å². The van der Waals surface area contributed by atoms with Crippen LogP contribution in [0.25, 0.3) is 17.4 Å². The summed E-state index contributed by atoms with van der Waals surface area (Å²) in [6, 6.07) is 8.99. The SMILES string of the molecule is CCCC(CC)CC(C)N1C(=O)/C(=C/c2ccc(-c3cc(OC)cc(OCC=O)c3)o2)SC1=S. The zero-order chi connectivity index (χ0) is 24.7. The maximum atomic E-state index is 13.1. The molecule has 182 valence electrons. The molecule has 1 aromatic carbocycles. The summed E-state index contributed by atoms with van der Waals surface area (Å²) >= 11 is 6.85. The van der Waals surface area contributed by atoms with Crippen LogP contribution in [0, 0.1) is 5.92 Å². The van der Waals surface area contributed by atoms with Gasteiger partial charge in [0.2, 0.25) is 0 Å². The monoisotopic (exact) mass is 501 g/mol.